The van der Waals surface area contributed by atoms with Gasteiger partial charge in [0.1, 0.15) is 11.6 Å². The molecule has 4 rings (SSSR count). The van der Waals surface area contributed by atoms with Gasteiger partial charge in [0.25, 0.3) is 5.91 Å². The molecule has 2 aliphatic rings. The average Bonchev–Trinajstić information content (AvgIpc) is 3.30. The van der Waals surface area contributed by atoms with Gasteiger partial charge in [0.15, 0.2) is 0 Å². The molecule has 1 aliphatic carbocycles. The zero-order chi connectivity index (χ0) is 23.6. The average molecular weight is 451 g/mol. The predicted octanol–water partition coefficient (Wildman–Crippen LogP) is 3.02. The Bertz CT molecular complexity index is 985. The Morgan fingerprint density at radius 3 is 2.48 bits per heavy atom. The van der Waals surface area contributed by atoms with Crippen LogP contribution in [0.1, 0.15) is 48.5 Å². The van der Waals surface area contributed by atoms with Gasteiger partial charge in [0.05, 0.1) is 11.6 Å². The summed E-state index contributed by atoms with van der Waals surface area (Å²) in [6.07, 6.45) is 7.35. The van der Waals surface area contributed by atoms with Crippen molar-refractivity contribution in [3.05, 3.63) is 47.8 Å². The summed E-state index contributed by atoms with van der Waals surface area (Å²) >= 11 is 0. The van der Waals surface area contributed by atoms with Crippen LogP contribution >= 0.6 is 0 Å². The van der Waals surface area contributed by atoms with Crippen LogP contribution in [0.3, 0.4) is 0 Å². The smallest absolute Gasteiger partial charge is 0.255 e. The minimum absolute atomic E-state index is 0.0317. The Morgan fingerprint density at radius 1 is 1.12 bits per heavy atom. The predicted molar refractivity (Wildman–Crippen MR) is 129 cm³/mol. The highest BCUT2D eigenvalue weighted by Crippen LogP contribution is 2.42. The van der Waals surface area contributed by atoms with Crippen molar-refractivity contribution >= 4 is 23.5 Å². The number of aromatic nitrogens is 2. The van der Waals surface area contributed by atoms with E-state index in [0.717, 1.165) is 37.1 Å². The number of likely N-dealkylation sites (tertiary alicyclic amines) is 1. The molecule has 8 nitrogen and oxygen atoms in total. The minimum Gasteiger partial charge on any atom is -0.366 e. The van der Waals surface area contributed by atoms with Crippen LogP contribution in [0.2, 0.25) is 0 Å². The molecule has 176 valence electrons. The van der Waals surface area contributed by atoms with Gasteiger partial charge in [-0.25, -0.2) is 9.97 Å². The van der Waals surface area contributed by atoms with Crippen molar-refractivity contribution in [2.75, 3.05) is 44.4 Å². The number of anilines is 2. The van der Waals surface area contributed by atoms with Crippen molar-refractivity contribution in [2.45, 2.75) is 45.2 Å². The van der Waals surface area contributed by atoms with E-state index >= 15 is 0 Å². The van der Waals surface area contributed by atoms with Crippen LogP contribution in [-0.4, -0.2) is 71.9 Å². The van der Waals surface area contributed by atoms with Crippen LogP contribution in [0.25, 0.3) is 0 Å². The highest BCUT2D eigenvalue weighted by Gasteiger charge is 2.43. The number of likely N-dealkylation sites (N-methyl/N-ethyl adjacent to an activating group) is 1. The Balaban J connectivity index is 1.29. The second kappa shape index (κ2) is 9.37. The van der Waals surface area contributed by atoms with E-state index in [-0.39, 0.29) is 23.3 Å². The molecule has 3 heterocycles. The number of nitrogens with zero attached hydrogens (tertiary/aromatic N) is 5. The zero-order valence-electron chi connectivity index (χ0n) is 20.0. The second-order valence-electron chi connectivity index (χ2n) is 9.73. The summed E-state index contributed by atoms with van der Waals surface area (Å²) in [6.45, 7) is 3.90. The van der Waals surface area contributed by atoms with Gasteiger partial charge in [0.2, 0.25) is 5.91 Å². The minimum atomic E-state index is -0.205. The number of carbonyl (C=O) groups excluding carboxylic acids is 2. The van der Waals surface area contributed by atoms with Gasteiger partial charge >= 0.3 is 0 Å². The lowest BCUT2D eigenvalue weighted by atomic mass is 9.69. The van der Waals surface area contributed by atoms with Crippen molar-refractivity contribution < 1.29 is 9.59 Å². The standard InChI is InChI=1S/C25H34N6O2/c1-25(11-5-12-25)24(33)30(4)20-10-13-31(17-20)23(32)19-7-8-21(27-16-19)26-14-18-6-9-22(28-15-18)29(2)3/h6-9,15-16,20H,5,10-14,17H2,1-4H3,(H,26,27)/t20-/m0/s1. The van der Waals surface area contributed by atoms with Gasteiger partial charge in [-0.15, -0.1) is 0 Å². The quantitative estimate of drug-likeness (QED) is 0.698. The summed E-state index contributed by atoms with van der Waals surface area (Å²) in [7, 11) is 5.81. The normalized spacial score (nSPS) is 19.0. The molecule has 2 fully saturated rings. The summed E-state index contributed by atoms with van der Waals surface area (Å²) in [4.78, 5) is 40.3. The fourth-order valence-corrected chi connectivity index (χ4v) is 4.54. The molecule has 2 aromatic heterocycles. The molecule has 1 aliphatic heterocycles. The largest absolute Gasteiger partial charge is 0.366 e. The molecule has 0 radical (unpaired) electrons. The number of nitrogens with one attached hydrogen (secondary N) is 1. The first-order valence-electron chi connectivity index (χ1n) is 11.7. The van der Waals surface area contributed by atoms with E-state index in [1.165, 1.54) is 0 Å². The van der Waals surface area contributed by atoms with Crippen LogP contribution in [0.5, 0.6) is 0 Å². The van der Waals surface area contributed by atoms with E-state index in [1.54, 1.807) is 6.20 Å². The van der Waals surface area contributed by atoms with Crippen molar-refractivity contribution in [2.24, 2.45) is 5.41 Å². The second-order valence-corrected chi connectivity index (χ2v) is 9.73. The number of pyridine rings is 2. The molecular weight excluding hydrogens is 416 g/mol. The third-order valence-corrected chi connectivity index (χ3v) is 7.04. The third-order valence-electron chi connectivity index (χ3n) is 7.04. The molecule has 0 aromatic carbocycles. The summed E-state index contributed by atoms with van der Waals surface area (Å²) < 4.78 is 0. The monoisotopic (exact) mass is 450 g/mol. The van der Waals surface area contributed by atoms with Crippen LogP contribution in [0, 0.1) is 5.41 Å². The van der Waals surface area contributed by atoms with Gasteiger partial charge in [-0.05, 0) is 43.0 Å². The summed E-state index contributed by atoms with van der Waals surface area (Å²) in [5.41, 5.74) is 1.42. The molecule has 1 saturated heterocycles. The van der Waals surface area contributed by atoms with Gasteiger partial charge < -0.3 is 20.0 Å². The lowest BCUT2D eigenvalue weighted by molar-refractivity contribution is -0.146. The molecule has 33 heavy (non-hydrogen) atoms. The fraction of sp³-hybridized carbons (Fsp3) is 0.520. The van der Waals surface area contributed by atoms with Crippen molar-refractivity contribution in [1.82, 2.24) is 19.8 Å². The molecule has 0 unspecified atom stereocenters. The zero-order valence-corrected chi connectivity index (χ0v) is 20.0. The van der Waals surface area contributed by atoms with E-state index in [2.05, 4.69) is 22.2 Å². The molecule has 0 spiro atoms. The number of carbonyl (C=O) groups is 2. The third kappa shape index (κ3) is 4.94. The molecular formula is C25H34N6O2. The maximum Gasteiger partial charge on any atom is 0.255 e. The topological polar surface area (TPSA) is 81.7 Å². The van der Waals surface area contributed by atoms with E-state index in [9.17, 15) is 9.59 Å². The number of rotatable bonds is 7. The van der Waals surface area contributed by atoms with Crippen LogP contribution in [0.4, 0.5) is 11.6 Å². The van der Waals surface area contributed by atoms with Gasteiger partial charge in [-0.3, -0.25) is 9.59 Å². The molecule has 2 amide bonds. The number of hydrogen-bond acceptors (Lipinski definition) is 6. The Labute approximate surface area is 196 Å². The highest BCUT2D eigenvalue weighted by molar-refractivity contribution is 5.94. The molecule has 1 atom stereocenters. The van der Waals surface area contributed by atoms with E-state index in [0.29, 0.717) is 31.0 Å². The maximum absolute atomic E-state index is 13.0. The van der Waals surface area contributed by atoms with Crippen molar-refractivity contribution in [3.63, 3.8) is 0 Å². The van der Waals surface area contributed by atoms with Crippen LogP contribution in [0.15, 0.2) is 36.7 Å². The summed E-state index contributed by atoms with van der Waals surface area (Å²) in [5.74, 6) is 1.81. The molecule has 1 N–H and O–H groups in total. The first kappa shape index (κ1) is 23.0. The van der Waals surface area contributed by atoms with Gasteiger partial charge in [-0.2, -0.15) is 0 Å². The highest BCUT2D eigenvalue weighted by atomic mass is 16.2. The Morgan fingerprint density at radius 2 is 1.91 bits per heavy atom. The van der Waals surface area contributed by atoms with Crippen molar-refractivity contribution in [3.8, 4) is 0 Å². The molecule has 8 heteroatoms. The molecule has 0 bridgehead atoms. The number of amides is 2. The fourth-order valence-electron chi connectivity index (χ4n) is 4.54. The van der Waals surface area contributed by atoms with Crippen molar-refractivity contribution in [1.29, 1.82) is 0 Å². The van der Waals surface area contributed by atoms with Gasteiger partial charge in [0, 0.05) is 58.6 Å². The Hall–Kier alpha value is -3.16. The lowest BCUT2D eigenvalue weighted by Crippen LogP contribution is -2.49. The summed E-state index contributed by atoms with van der Waals surface area (Å²) in [5, 5.41) is 3.27. The Kier molecular flexibility index (Phi) is 6.54. The maximum atomic E-state index is 13.0. The van der Waals surface area contributed by atoms with Gasteiger partial charge in [-0.1, -0.05) is 19.4 Å². The van der Waals surface area contributed by atoms with Crippen LogP contribution in [-0.2, 0) is 11.3 Å². The van der Waals surface area contributed by atoms with E-state index in [1.807, 2.05) is 66.3 Å². The van der Waals surface area contributed by atoms with Crippen LogP contribution < -0.4 is 10.2 Å². The van der Waals surface area contributed by atoms with E-state index in [4.69, 9.17) is 0 Å². The first-order valence-corrected chi connectivity index (χ1v) is 11.7. The number of hydrogen-bond donors (Lipinski definition) is 1. The lowest BCUT2D eigenvalue weighted by Gasteiger charge is -2.41. The first-order chi connectivity index (χ1) is 15.8. The molecule has 2 aromatic rings. The SMILES string of the molecule is CN(C)c1ccc(CNc2ccc(C(=O)N3CC[C@H](N(C)C(=O)C4(C)CCC4)C3)cn2)cn1. The molecule has 1 saturated carbocycles. The summed E-state index contributed by atoms with van der Waals surface area (Å²) in [6, 6.07) is 7.73. The van der Waals surface area contributed by atoms with E-state index < -0.39 is 0 Å².